The van der Waals surface area contributed by atoms with Crippen LogP contribution in [-0.4, -0.2) is 17.6 Å². The van der Waals surface area contributed by atoms with E-state index >= 15 is 0 Å². The SMILES string of the molecule is Cc1cc(CCNC(=O)Cc2ccccc2)no1. The summed E-state index contributed by atoms with van der Waals surface area (Å²) in [6, 6.07) is 11.6. The Kier molecular flexibility index (Phi) is 4.12. The summed E-state index contributed by atoms with van der Waals surface area (Å²) in [6.45, 7) is 2.43. The van der Waals surface area contributed by atoms with Gasteiger partial charge in [-0.1, -0.05) is 35.5 Å². The third-order valence-corrected chi connectivity index (χ3v) is 2.59. The van der Waals surface area contributed by atoms with E-state index in [1.165, 1.54) is 0 Å². The van der Waals surface area contributed by atoms with Crippen molar-refractivity contribution in [2.45, 2.75) is 19.8 Å². The van der Waals surface area contributed by atoms with Crippen LogP contribution in [0.1, 0.15) is 17.0 Å². The van der Waals surface area contributed by atoms with Crippen molar-refractivity contribution < 1.29 is 9.32 Å². The van der Waals surface area contributed by atoms with Crippen molar-refractivity contribution in [2.24, 2.45) is 0 Å². The quantitative estimate of drug-likeness (QED) is 0.873. The fourth-order valence-electron chi connectivity index (χ4n) is 1.71. The highest BCUT2D eigenvalue weighted by Gasteiger charge is 2.04. The lowest BCUT2D eigenvalue weighted by Crippen LogP contribution is -2.27. The van der Waals surface area contributed by atoms with Crippen LogP contribution >= 0.6 is 0 Å². The smallest absolute Gasteiger partial charge is 0.224 e. The number of hydrogen-bond acceptors (Lipinski definition) is 3. The molecule has 1 heterocycles. The maximum atomic E-state index is 11.7. The largest absolute Gasteiger partial charge is 0.361 e. The van der Waals surface area contributed by atoms with Gasteiger partial charge in [-0.3, -0.25) is 4.79 Å². The minimum Gasteiger partial charge on any atom is -0.361 e. The summed E-state index contributed by atoms with van der Waals surface area (Å²) in [6.07, 6.45) is 1.11. The Morgan fingerprint density at radius 3 is 2.78 bits per heavy atom. The lowest BCUT2D eigenvalue weighted by Gasteiger charge is -2.03. The van der Waals surface area contributed by atoms with E-state index in [1.807, 2.05) is 43.3 Å². The Balaban J connectivity index is 1.72. The van der Waals surface area contributed by atoms with Crippen molar-refractivity contribution in [1.29, 1.82) is 0 Å². The third kappa shape index (κ3) is 3.73. The Bertz CT molecular complexity index is 506. The third-order valence-electron chi connectivity index (χ3n) is 2.59. The van der Waals surface area contributed by atoms with E-state index in [-0.39, 0.29) is 5.91 Å². The Labute approximate surface area is 106 Å². The van der Waals surface area contributed by atoms with Gasteiger partial charge in [0.1, 0.15) is 5.76 Å². The fraction of sp³-hybridized carbons (Fsp3) is 0.286. The maximum absolute atomic E-state index is 11.7. The van der Waals surface area contributed by atoms with Crippen LogP contribution in [0.25, 0.3) is 0 Å². The monoisotopic (exact) mass is 244 g/mol. The van der Waals surface area contributed by atoms with Crippen LogP contribution in [0.5, 0.6) is 0 Å². The molecule has 0 saturated heterocycles. The molecule has 1 N–H and O–H groups in total. The number of carbonyl (C=O) groups excluding carboxylic acids is 1. The average molecular weight is 244 g/mol. The number of aromatic nitrogens is 1. The Morgan fingerprint density at radius 1 is 1.33 bits per heavy atom. The minimum absolute atomic E-state index is 0.0291. The summed E-state index contributed by atoms with van der Waals surface area (Å²) in [4.78, 5) is 11.7. The second-order valence-electron chi connectivity index (χ2n) is 4.19. The van der Waals surface area contributed by atoms with Crippen molar-refractivity contribution in [1.82, 2.24) is 10.5 Å². The van der Waals surface area contributed by atoms with Crippen molar-refractivity contribution in [3.8, 4) is 0 Å². The molecule has 2 rings (SSSR count). The van der Waals surface area contributed by atoms with Gasteiger partial charge >= 0.3 is 0 Å². The number of amides is 1. The summed E-state index contributed by atoms with van der Waals surface area (Å²) in [5, 5.41) is 6.74. The second kappa shape index (κ2) is 6.00. The summed E-state index contributed by atoms with van der Waals surface area (Å²) >= 11 is 0. The number of nitrogens with one attached hydrogen (secondary N) is 1. The fourth-order valence-corrected chi connectivity index (χ4v) is 1.71. The lowest BCUT2D eigenvalue weighted by atomic mass is 10.1. The molecule has 4 nitrogen and oxygen atoms in total. The van der Waals surface area contributed by atoms with Gasteiger partial charge in [0.15, 0.2) is 0 Å². The zero-order chi connectivity index (χ0) is 12.8. The van der Waals surface area contributed by atoms with Gasteiger partial charge in [0, 0.05) is 19.0 Å². The van der Waals surface area contributed by atoms with Crippen LogP contribution in [0, 0.1) is 6.92 Å². The minimum atomic E-state index is 0.0291. The van der Waals surface area contributed by atoms with Crippen LogP contribution in [-0.2, 0) is 17.6 Å². The van der Waals surface area contributed by atoms with Crippen molar-refractivity contribution in [2.75, 3.05) is 6.54 Å². The Hall–Kier alpha value is -2.10. The van der Waals surface area contributed by atoms with Crippen molar-refractivity contribution >= 4 is 5.91 Å². The topological polar surface area (TPSA) is 55.1 Å². The van der Waals surface area contributed by atoms with Crippen LogP contribution < -0.4 is 5.32 Å². The first-order chi connectivity index (χ1) is 8.74. The summed E-state index contributed by atoms with van der Waals surface area (Å²) in [7, 11) is 0. The molecule has 1 aromatic heterocycles. The normalized spacial score (nSPS) is 10.3. The molecule has 0 aliphatic carbocycles. The van der Waals surface area contributed by atoms with E-state index in [9.17, 15) is 4.79 Å². The molecule has 0 unspecified atom stereocenters. The van der Waals surface area contributed by atoms with Gasteiger partial charge in [-0.15, -0.1) is 0 Å². The van der Waals surface area contributed by atoms with E-state index < -0.39 is 0 Å². The highest BCUT2D eigenvalue weighted by Crippen LogP contribution is 2.02. The molecule has 0 saturated carbocycles. The van der Waals surface area contributed by atoms with Gasteiger partial charge in [0.05, 0.1) is 12.1 Å². The first-order valence-electron chi connectivity index (χ1n) is 5.97. The number of aryl methyl sites for hydroxylation is 1. The van der Waals surface area contributed by atoms with Crippen LogP contribution in [0.3, 0.4) is 0 Å². The molecule has 4 heteroatoms. The molecule has 0 radical (unpaired) electrons. The van der Waals surface area contributed by atoms with Crippen molar-refractivity contribution in [3.63, 3.8) is 0 Å². The number of rotatable bonds is 5. The zero-order valence-electron chi connectivity index (χ0n) is 10.3. The first-order valence-corrected chi connectivity index (χ1v) is 5.97. The number of nitrogens with zero attached hydrogens (tertiary/aromatic N) is 1. The van der Waals surface area contributed by atoms with Gasteiger partial charge in [0.25, 0.3) is 0 Å². The first kappa shape index (κ1) is 12.4. The zero-order valence-corrected chi connectivity index (χ0v) is 10.3. The van der Waals surface area contributed by atoms with E-state index in [0.717, 1.165) is 17.0 Å². The highest BCUT2D eigenvalue weighted by molar-refractivity contribution is 5.78. The molecular formula is C14H16N2O2. The average Bonchev–Trinajstić information content (AvgIpc) is 2.76. The summed E-state index contributed by atoms with van der Waals surface area (Å²) in [5.74, 6) is 0.821. The molecule has 0 atom stereocenters. The Morgan fingerprint density at radius 2 is 2.11 bits per heavy atom. The molecule has 0 spiro atoms. The number of benzene rings is 1. The van der Waals surface area contributed by atoms with Gasteiger partial charge in [-0.2, -0.15) is 0 Å². The highest BCUT2D eigenvalue weighted by atomic mass is 16.5. The molecule has 1 aromatic carbocycles. The molecule has 0 aliphatic rings. The van der Waals surface area contributed by atoms with Crippen LogP contribution in [0.15, 0.2) is 40.9 Å². The van der Waals surface area contributed by atoms with Gasteiger partial charge in [0.2, 0.25) is 5.91 Å². The maximum Gasteiger partial charge on any atom is 0.224 e. The summed E-state index contributed by atoms with van der Waals surface area (Å²) in [5.41, 5.74) is 1.89. The van der Waals surface area contributed by atoms with E-state index in [0.29, 0.717) is 19.4 Å². The molecular weight excluding hydrogens is 228 g/mol. The van der Waals surface area contributed by atoms with E-state index in [2.05, 4.69) is 10.5 Å². The van der Waals surface area contributed by atoms with Crippen LogP contribution in [0.2, 0.25) is 0 Å². The number of carbonyl (C=O) groups is 1. The van der Waals surface area contributed by atoms with Crippen LogP contribution in [0.4, 0.5) is 0 Å². The predicted molar refractivity (Wildman–Crippen MR) is 68.1 cm³/mol. The molecule has 0 bridgehead atoms. The van der Waals surface area contributed by atoms with Gasteiger partial charge in [-0.25, -0.2) is 0 Å². The van der Waals surface area contributed by atoms with E-state index in [1.54, 1.807) is 0 Å². The van der Waals surface area contributed by atoms with E-state index in [4.69, 9.17) is 4.52 Å². The molecule has 0 fully saturated rings. The molecule has 1 amide bonds. The van der Waals surface area contributed by atoms with Crippen molar-refractivity contribution in [3.05, 3.63) is 53.4 Å². The predicted octanol–water partition coefficient (Wildman–Crippen LogP) is 1.88. The van der Waals surface area contributed by atoms with Gasteiger partial charge in [-0.05, 0) is 12.5 Å². The summed E-state index contributed by atoms with van der Waals surface area (Å²) < 4.78 is 4.95. The lowest BCUT2D eigenvalue weighted by molar-refractivity contribution is -0.120. The standard InChI is InChI=1S/C14H16N2O2/c1-11-9-13(16-18-11)7-8-15-14(17)10-12-5-3-2-4-6-12/h2-6,9H,7-8,10H2,1H3,(H,15,17). The van der Waals surface area contributed by atoms with Gasteiger partial charge < -0.3 is 9.84 Å². The molecule has 0 aliphatic heterocycles. The second-order valence-corrected chi connectivity index (χ2v) is 4.19. The molecule has 2 aromatic rings. The molecule has 18 heavy (non-hydrogen) atoms. The molecule has 94 valence electrons. The number of hydrogen-bond donors (Lipinski definition) is 1.